The molecular formula is C11H9F3NO2S-. The molecule has 1 heterocycles. The van der Waals surface area contributed by atoms with Crippen LogP contribution in [0.25, 0.3) is 0 Å². The highest BCUT2D eigenvalue weighted by atomic mass is 32.2. The summed E-state index contributed by atoms with van der Waals surface area (Å²) < 4.78 is 37.6. The minimum absolute atomic E-state index is 0.144. The molecule has 3 nitrogen and oxygen atoms in total. The van der Waals surface area contributed by atoms with Crippen LogP contribution in [0.4, 0.5) is 18.9 Å². The molecule has 0 radical (unpaired) electrons. The van der Waals surface area contributed by atoms with E-state index in [0.717, 1.165) is 23.9 Å². The minimum Gasteiger partial charge on any atom is -0.549 e. The summed E-state index contributed by atoms with van der Waals surface area (Å²) in [6.07, 6.45) is -4.39. The molecule has 7 heteroatoms. The molecule has 1 aromatic rings. The number of carbonyl (C=O) groups is 1. The summed E-state index contributed by atoms with van der Waals surface area (Å²) >= 11 is 1.06. The standard InChI is InChI=1S/C11H10F3NO2S/c12-11(13,14)7-1-2-8-6(3-7)5-18-9(4-15-8)10(16)17/h1-3,9,15H,4-5H2,(H,16,17)/p-1. The third-order valence-electron chi connectivity index (χ3n) is 2.61. The second-order valence-corrected chi connectivity index (χ2v) is 5.06. The summed E-state index contributed by atoms with van der Waals surface area (Å²) in [6, 6.07) is 3.36. The average molecular weight is 276 g/mol. The van der Waals surface area contributed by atoms with E-state index in [0.29, 0.717) is 11.3 Å². The Morgan fingerprint density at radius 2 is 2.17 bits per heavy atom. The third-order valence-corrected chi connectivity index (χ3v) is 3.85. The van der Waals surface area contributed by atoms with Gasteiger partial charge in [0, 0.05) is 18.0 Å². The number of halogens is 3. The van der Waals surface area contributed by atoms with Crippen molar-refractivity contribution < 1.29 is 23.1 Å². The molecule has 1 N–H and O–H groups in total. The molecule has 1 unspecified atom stereocenters. The van der Waals surface area contributed by atoms with Gasteiger partial charge in [-0.1, -0.05) is 0 Å². The zero-order valence-electron chi connectivity index (χ0n) is 9.08. The lowest BCUT2D eigenvalue weighted by Gasteiger charge is -2.14. The van der Waals surface area contributed by atoms with E-state index in [2.05, 4.69) is 5.32 Å². The lowest BCUT2D eigenvalue weighted by Crippen LogP contribution is -2.37. The van der Waals surface area contributed by atoms with Gasteiger partial charge in [0.05, 0.1) is 16.8 Å². The number of thioether (sulfide) groups is 1. The predicted molar refractivity (Wildman–Crippen MR) is 60.0 cm³/mol. The van der Waals surface area contributed by atoms with E-state index in [1.54, 1.807) is 0 Å². The van der Waals surface area contributed by atoms with Crippen molar-refractivity contribution in [2.75, 3.05) is 11.9 Å². The molecule has 0 fully saturated rings. The van der Waals surface area contributed by atoms with Crippen LogP contribution in [0.2, 0.25) is 0 Å². The van der Waals surface area contributed by atoms with Gasteiger partial charge >= 0.3 is 6.18 Å². The fourth-order valence-corrected chi connectivity index (χ4v) is 2.62. The molecule has 0 saturated carbocycles. The number of carboxylic acid groups (broad SMARTS) is 1. The second-order valence-electron chi connectivity index (χ2n) is 3.87. The fourth-order valence-electron chi connectivity index (χ4n) is 1.67. The van der Waals surface area contributed by atoms with Gasteiger partial charge in [-0.3, -0.25) is 0 Å². The molecule has 1 aromatic carbocycles. The highest BCUT2D eigenvalue weighted by molar-refractivity contribution is 7.99. The minimum atomic E-state index is -4.39. The largest absolute Gasteiger partial charge is 0.549 e. The van der Waals surface area contributed by atoms with Crippen molar-refractivity contribution in [3.8, 4) is 0 Å². The van der Waals surface area contributed by atoms with Gasteiger partial charge in [0.2, 0.25) is 0 Å². The Morgan fingerprint density at radius 3 is 2.78 bits per heavy atom. The molecule has 0 aliphatic carbocycles. The van der Waals surface area contributed by atoms with Gasteiger partial charge in [0.1, 0.15) is 0 Å². The van der Waals surface area contributed by atoms with Gasteiger partial charge in [0.15, 0.2) is 0 Å². The number of aliphatic carboxylic acids is 1. The van der Waals surface area contributed by atoms with E-state index >= 15 is 0 Å². The van der Waals surface area contributed by atoms with Gasteiger partial charge in [-0.2, -0.15) is 13.2 Å². The van der Waals surface area contributed by atoms with Crippen LogP contribution < -0.4 is 10.4 Å². The number of carboxylic acids is 1. The Kier molecular flexibility index (Phi) is 3.43. The summed E-state index contributed by atoms with van der Waals surface area (Å²) in [4.78, 5) is 10.7. The number of rotatable bonds is 1. The van der Waals surface area contributed by atoms with Gasteiger partial charge in [-0.05, 0) is 23.8 Å². The molecule has 0 aromatic heterocycles. The highest BCUT2D eigenvalue weighted by Crippen LogP contribution is 2.35. The van der Waals surface area contributed by atoms with E-state index in [-0.39, 0.29) is 12.3 Å². The van der Waals surface area contributed by atoms with Crippen molar-refractivity contribution >= 4 is 23.4 Å². The van der Waals surface area contributed by atoms with E-state index < -0.39 is 23.0 Å². The molecule has 0 bridgehead atoms. The van der Waals surface area contributed by atoms with Gasteiger partial charge in [0.25, 0.3) is 0 Å². The SMILES string of the molecule is O=C([O-])C1CNc2ccc(C(F)(F)F)cc2CS1. The smallest absolute Gasteiger partial charge is 0.416 e. The maximum Gasteiger partial charge on any atom is 0.416 e. The molecule has 1 atom stereocenters. The molecule has 1 aliphatic rings. The van der Waals surface area contributed by atoms with Crippen LogP contribution in [-0.4, -0.2) is 17.8 Å². The Bertz CT molecular complexity index is 476. The normalized spacial score (nSPS) is 19.6. The van der Waals surface area contributed by atoms with Crippen LogP contribution in [-0.2, 0) is 16.7 Å². The molecule has 0 saturated heterocycles. The molecule has 0 amide bonds. The van der Waals surface area contributed by atoms with Crippen molar-refractivity contribution in [3.05, 3.63) is 29.3 Å². The topological polar surface area (TPSA) is 52.2 Å². The lowest BCUT2D eigenvalue weighted by molar-refractivity contribution is -0.304. The Balaban J connectivity index is 2.26. The van der Waals surface area contributed by atoms with Crippen molar-refractivity contribution in [1.82, 2.24) is 0 Å². The summed E-state index contributed by atoms with van der Waals surface area (Å²) in [5.74, 6) is -0.999. The first-order valence-electron chi connectivity index (χ1n) is 5.14. The highest BCUT2D eigenvalue weighted by Gasteiger charge is 2.31. The first-order chi connectivity index (χ1) is 8.38. The van der Waals surface area contributed by atoms with Crippen LogP contribution in [0.3, 0.4) is 0 Å². The van der Waals surface area contributed by atoms with Crippen LogP contribution >= 0.6 is 11.8 Å². The summed E-state index contributed by atoms with van der Waals surface area (Å²) in [5.41, 5.74) is 0.272. The number of hydrogen-bond acceptors (Lipinski definition) is 4. The van der Waals surface area contributed by atoms with Crippen molar-refractivity contribution in [1.29, 1.82) is 0 Å². The number of alkyl halides is 3. The van der Waals surface area contributed by atoms with Crippen LogP contribution in [0, 0.1) is 0 Å². The van der Waals surface area contributed by atoms with Crippen LogP contribution in [0.1, 0.15) is 11.1 Å². The van der Waals surface area contributed by atoms with E-state index in [9.17, 15) is 23.1 Å². The van der Waals surface area contributed by atoms with E-state index in [1.165, 1.54) is 6.07 Å². The first-order valence-corrected chi connectivity index (χ1v) is 6.19. The molecule has 18 heavy (non-hydrogen) atoms. The van der Waals surface area contributed by atoms with E-state index in [1.807, 2.05) is 0 Å². The number of carbonyl (C=O) groups excluding carboxylic acids is 1. The Labute approximate surface area is 105 Å². The zero-order chi connectivity index (χ0) is 13.3. The molecule has 0 spiro atoms. The van der Waals surface area contributed by atoms with Crippen LogP contribution in [0.5, 0.6) is 0 Å². The molecule has 1 aliphatic heterocycles. The monoisotopic (exact) mass is 276 g/mol. The molecule has 98 valence electrons. The van der Waals surface area contributed by atoms with Crippen molar-refractivity contribution in [2.45, 2.75) is 17.2 Å². The number of hydrogen-bond donors (Lipinski definition) is 1. The number of nitrogens with one attached hydrogen (secondary N) is 1. The first kappa shape index (κ1) is 13.1. The van der Waals surface area contributed by atoms with Crippen molar-refractivity contribution in [2.24, 2.45) is 0 Å². The quantitative estimate of drug-likeness (QED) is 0.844. The van der Waals surface area contributed by atoms with E-state index in [4.69, 9.17) is 0 Å². The van der Waals surface area contributed by atoms with Gasteiger partial charge in [-0.15, -0.1) is 11.8 Å². The summed E-state index contributed by atoms with van der Waals surface area (Å²) in [6.45, 7) is 0.144. The zero-order valence-corrected chi connectivity index (χ0v) is 9.90. The summed E-state index contributed by atoms with van der Waals surface area (Å²) in [7, 11) is 0. The average Bonchev–Trinajstić information content (AvgIpc) is 2.48. The molecular weight excluding hydrogens is 267 g/mol. The number of fused-ring (bicyclic) bond motifs is 1. The van der Waals surface area contributed by atoms with Gasteiger partial charge < -0.3 is 15.2 Å². The molecule has 2 rings (SSSR count). The second kappa shape index (κ2) is 4.72. The lowest BCUT2D eigenvalue weighted by atomic mass is 10.1. The Hall–Kier alpha value is -1.37. The maximum absolute atomic E-state index is 12.5. The maximum atomic E-state index is 12.5. The van der Waals surface area contributed by atoms with Crippen LogP contribution in [0.15, 0.2) is 18.2 Å². The van der Waals surface area contributed by atoms with Crippen molar-refractivity contribution in [3.63, 3.8) is 0 Å². The fraction of sp³-hybridized carbons (Fsp3) is 0.364. The third kappa shape index (κ3) is 2.72. The predicted octanol–water partition coefficient (Wildman–Crippen LogP) is 1.48. The number of anilines is 1. The number of benzene rings is 1. The van der Waals surface area contributed by atoms with Gasteiger partial charge in [-0.25, -0.2) is 0 Å². The Morgan fingerprint density at radius 1 is 1.44 bits per heavy atom. The summed E-state index contributed by atoms with van der Waals surface area (Å²) in [5, 5.41) is 12.8.